The van der Waals surface area contributed by atoms with Crippen LogP contribution in [0.5, 0.6) is 0 Å². The van der Waals surface area contributed by atoms with Gasteiger partial charge in [-0.1, -0.05) is 73.7 Å². The first-order valence-corrected chi connectivity index (χ1v) is 12.8. The minimum Gasteiger partial charge on any atom is -0.311 e. The molecule has 0 unspecified atom stereocenters. The first-order valence-electron chi connectivity index (χ1n) is 12.8. The van der Waals surface area contributed by atoms with Crippen molar-refractivity contribution in [1.82, 2.24) is 0 Å². The van der Waals surface area contributed by atoms with Gasteiger partial charge in [-0.2, -0.15) is 0 Å². The first kappa shape index (κ1) is 21.1. The van der Waals surface area contributed by atoms with Crippen LogP contribution in [0.15, 0.2) is 115 Å². The number of hydrogen-bond donors (Lipinski definition) is 0. The molecule has 0 fully saturated rings. The van der Waals surface area contributed by atoms with Gasteiger partial charge in [0.25, 0.3) is 6.71 Å². The number of nitrogens with zero attached hydrogens (tertiary/aromatic N) is 2. The molecule has 2 heterocycles. The lowest BCUT2D eigenvalue weighted by Gasteiger charge is -2.44. The maximum atomic E-state index is 2.48. The molecule has 0 spiro atoms. The van der Waals surface area contributed by atoms with Crippen molar-refractivity contribution < 1.29 is 0 Å². The van der Waals surface area contributed by atoms with Crippen molar-refractivity contribution in [3.05, 3.63) is 126 Å². The van der Waals surface area contributed by atoms with Crippen LogP contribution in [-0.4, -0.2) is 6.71 Å². The lowest BCUT2D eigenvalue weighted by molar-refractivity contribution is 1.13. The van der Waals surface area contributed by atoms with E-state index in [1.54, 1.807) is 0 Å². The zero-order valence-electron chi connectivity index (χ0n) is 20.6. The largest absolute Gasteiger partial charge is 0.311 e. The summed E-state index contributed by atoms with van der Waals surface area (Å²) in [5.74, 6) is 0. The Bertz CT molecular complexity index is 1590. The molecule has 2 nitrogen and oxygen atoms in total. The van der Waals surface area contributed by atoms with Crippen LogP contribution in [0.2, 0.25) is 0 Å². The third-order valence-electron chi connectivity index (χ3n) is 7.63. The highest BCUT2D eigenvalue weighted by Crippen LogP contribution is 2.44. The third kappa shape index (κ3) is 3.06. The normalized spacial score (nSPS) is 13.2. The van der Waals surface area contributed by atoms with Crippen LogP contribution in [0.1, 0.15) is 18.1 Å². The Morgan fingerprint density at radius 2 is 1.11 bits per heavy atom. The van der Waals surface area contributed by atoms with Gasteiger partial charge in [-0.3, -0.25) is 0 Å². The van der Waals surface area contributed by atoms with Gasteiger partial charge >= 0.3 is 0 Å². The van der Waals surface area contributed by atoms with Crippen LogP contribution in [0.25, 0.3) is 0 Å². The topological polar surface area (TPSA) is 6.48 Å². The van der Waals surface area contributed by atoms with Crippen molar-refractivity contribution >= 4 is 57.2 Å². The fourth-order valence-electron chi connectivity index (χ4n) is 6.02. The molecule has 172 valence electrons. The Kier molecular flexibility index (Phi) is 4.78. The summed E-state index contributed by atoms with van der Waals surface area (Å²) in [5, 5.41) is 0. The number of fused-ring (bicyclic) bond motifs is 4. The summed E-state index contributed by atoms with van der Waals surface area (Å²) in [4.78, 5) is 4.94. The maximum Gasteiger partial charge on any atom is 0.252 e. The predicted molar refractivity (Wildman–Crippen MR) is 155 cm³/mol. The van der Waals surface area contributed by atoms with Crippen molar-refractivity contribution in [2.45, 2.75) is 20.3 Å². The monoisotopic (exact) mass is 462 g/mol. The fraction of sp³-hybridized carbons (Fsp3) is 0.0909. The molecule has 0 bridgehead atoms. The van der Waals surface area contributed by atoms with Gasteiger partial charge in [0, 0.05) is 34.1 Å². The van der Waals surface area contributed by atoms with E-state index in [0.29, 0.717) is 0 Å². The van der Waals surface area contributed by atoms with Gasteiger partial charge in [-0.05, 0) is 89.4 Å². The molecular weight excluding hydrogens is 435 g/mol. The van der Waals surface area contributed by atoms with E-state index in [2.05, 4.69) is 139 Å². The molecule has 5 aromatic carbocycles. The molecule has 0 radical (unpaired) electrons. The molecule has 0 aromatic heterocycles. The maximum absolute atomic E-state index is 2.48. The third-order valence-corrected chi connectivity index (χ3v) is 7.63. The summed E-state index contributed by atoms with van der Waals surface area (Å²) in [6, 6.07) is 42.4. The molecule has 0 saturated carbocycles. The Morgan fingerprint density at radius 3 is 1.75 bits per heavy atom. The summed E-state index contributed by atoms with van der Waals surface area (Å²) in [6.45, 7) is 4.63. The molecule has 7 rings (SSSR count). The minimum atomic E-state index is 0.188. The average molecular weight is 462 g/mol. The molecule has 0 aliphatic carbocycles. The zero-order chi connectivity index (χ0) is 24.2. The quantitative estimate of drug-likeness (QED) is 0.272. The van der Waals surface area contributed by atoms with E-state index in [4.69, 9.17) is 0 Å². The average Bonchev–Trinajstić information content (AvgIpc) is 2.93. The van der Waals surface area contributed by atoms with Crippen LogP contribution >= 0.6 is 0 Å². The van der Waals surface area contributed by atoms with Gasteiger partial charge in [-0.25, -0.2) is 0 Å². The van der Waals surface area contributed by atoms with Crippen LogP contribution in [-0.2, 0) is 6.42 Å². The Hall–Kier alpha value is -4.24. The van der Waals surface area contributed by atoms with Crippen molar-refractivity contribution in [2.75, 3.05) is 9.80 Å². The molecule has 5 aromatic rings. The Labute approximate surface area is 213 Å². The Balaban J connectivity index is 1.61. The second-order valence-corrected chi connectivity index (χ2v) is 9.80. The molecule has 0 saturated heterocycles. The van der Waals surface area contributed by atoms with E-state index >= 15 is 0 Å². The summed E-state index contributed by atoms with van der Waals surface area (Å²) in [6.07, 6.45) is 0.985. The standard InChI is InChI=1S/C33H27BN2/c1-3-24-21-31-33-32(22-24)36(26-14-8-5-9-15-26)30-20-23(2)18-19-28(30)34(33)27-16-10-11-17-29(27)35(31)25-12-6-4-7-13-25/h4-22H,3H2,1-2H3. The molecular formula is C33H27BN2. The minimum absolute atomic E-state index is 0.188. The van der Waals surface area contributed by atoms with Crippen molar-refractivity contribution in [1.29, 1.82) is 0 Å². The van der Waals surface area contributed by atoms with E-state index in [1.165, 1.54) is 61.6 Å². The van der Waals surface area contributed by atoms with Crippen LogP contribution < -0.4 is 26.2 Å². The molecule has 2 aliphatic heterocycles. The fourth-order valence-corrected chi connectivity index (χ4v) is 6.02. The lowest BCUT2D eigenvalue weighted by atomic mass is 9.33. The SMILES string of the molecule is CCc1cc2c3c(c1)N(c1ccccc1)c1cc(C)ccc1B3c1ccccc1N2c1ccccc1. The van der Waals surface area contributed by atoms with E-state index < -0.39 is 0 Å². The molecule has 0 amide bonds. The number of rotatable bonds is 3. The molecule has 2 aliphatic rings. The summed E-state index contributed by atoms with van der Waals surface area (Å²) in [7, 11) is 0. The van der Waals surface area contributed by atoms with Crippen LogP contribution in [0, 0.1) is 6.92 Å². The summed E-state index contributed by atoms with van der Waals surface area (Å²) < 4.78 is 0. The van der Waals surface area contributed by atoms with Gasteiger partial charge in [0.15, 0.2) is 0 Å². The summed E-state index contributed by atoms with van der Waals surface area (Å²) >= 11 is 0. The van der Waals surface area contributed by atoms with Gasteiger partial charge < -0.3 is 9.80 Å². The smallest absolute Gasteiger partial charge is 0.252 e. The summed E-state index contributed by atoms with van der Waals surface area (Å²) in [5.41, 5.74) is 14.2. The van der Waals surface area contributed by atoms with E-state index in [0.717, 1.165) is 6.42 Å². The molecule has 0 N–H and O–H groups in total. The number of hydrogen-bond acceptors (Lipinski definition) is 2. The van der Waals surface area contributed by atoms with Crippen LogP contribution in [0.4, 0.5) is 34.1 Å². The predicted octanol–water partition coefficient (Wildman–Crippen LogP) is 6.64. The highest BCUT2D eigenvalue weighted by molar-refractivity contribution is 7.00. The Morgan fingerprint density at radius 1 is 0.556 bits per heavy atom. The van der Waals surface area contributed by atoms with Crippen molar-refractivity contribution in [3.8, 4) is 0 Å². The molecule has 3 heteroatoms. The number of benzene rings is 5. The van der Waals surface area contributed by atoms with Gasteiger partial charge in [-0.15, -0.1) is 0 Å². The second kappa shape index (κ2) is 8.17. The van der Waals surface area contributed by atoms with E-state index in [1.807, 2.05) is 0 Å². The molecule has 0 atom stereocenters. The van der Waals surface area contributed by atoms with Gasteiger partial charge in [0.05, 0.1) is 0 Å². The number of para-hydroxylation sites is 3. The van der Waals surface area contributed by atoms with Crippen molar-refractivity contribution in [2.24, 2.45) is 0 Å². The zero-order valence-corrected chi connectivity index (χ0v) is 20.6. The highest BCUT2D eigenvalue weighted by atomic mass is 15.2. The number of aryl methyl sites for hydroxylation is 2. The van der Waals surface area contributed by atoms with E-state index in [9.17, 15) is 0 Å². The van der Waals surface area contributed by atoms with E-state index in [-0.39, 0.29) is 6.71 Å². The lowest BCUT2D eigenvalue weighted by Crippen LogP contribution is -2.61. The van der Waals surface area contributed by atoms with Crippen molar-refractivity contribution in [3.63, 3.8) is 0 Å². The van der Waals surface area contributed by atoms with Gasteiger partial charge in [0.1, 0.15) is 0 Å². The first-order chi connectivity index (χ1) is 17.7. The van der Waals surface area contributed by atoms with Gasteiger partial charge in [0.2, 0.25) is 0 Å². The number of anilines is 6. The second-order valence-electron chi connectivity index (χ2n) is 9.80. The highest BCUT2D eigenvalue weighted by Gasteiger charge is 2.43. The molecule has 36 heavy (non-hydrogen) atoms. The van der Waals surface area contributed by atoms with Crippen LogP contribution in [0.3, 0.4) is 0 Å².